The number of piperazine rings is 1. The highest BCUT2D eigenvalue weighted by molar-refractivity contribution is 6.30. The number of methoxy groups -OCH3 is 1. The van der Waals surface area contributed by atoms with Crippen LogP contribution in [-0.4, -0.2) is 114 Å². The van der Waals surface area contributed by atoms with Crippen molar-refractivity contribution < 1.29 is 46.3 Å². The molecule has 5 atom stereocenters. The number of carbonyl (C=O) groups is 5. The highest BCUT2D eigenvalue weighted by atomic mass is 35.5. The lowest BCUT2D eigenvalue weighted by molar-refractivity contribution is -0.141. The van der Waals surface area contributed by atoms with E-state index in [2.05, 4.69) is 25.8 Å². The molecule has 3 saturated heterocycles. The summed E-state index contributed by atoms with van der Waals surface area (Å²) in [5.74, 6) is -3.19. The maximum Gasteiger partial charge on any atom is 0.433 e. The predicted octanol–water partition coefficient (Wildman–Crippen LogP) is 6.19. The molecule has 6 heterocycles. The summed E-state index contributed by atoms with van der Waals surface area (Å²) in [5, 5.41) is 8.37. The summed E-state index contributed by atoms with van der Waals surface area (Å²) in [6.45, 7) is 2.18. The summed E-state index contributed by atoms with van der Waals surface area (Å²) in [4.78, 5) is 77.5. The Hall–Kier alpha value is -6.27. The van der Waals surface area contributed by atoms with Gasteiger partial charge in [-0.05, 0) is 91.9 Å². The molecule has 1 spiro atoms. The number of likely N-dealkylation sites (tertiary alicyclic amines) is 1. The molecule has 67 heavy (non-hydrogen) atoms. The molecule has 14 nitrogen and oxygen atoms in total. The summed E-state index contributed by atoms with van der Waals surface area (Å²) >= 11 is 6.40. The summed E-state index contributed by atoms with van der Waals surface area (Å²) < 4.78 is 63.9. The summed E-state index contributed by atoms with van der Waals surface area (Å²) in [7, 11) is 3.22. The van der Waals surface area contributed by atoms with E-state index >= 15 is 4.39 Å². The molecule has 5 aliphatic heterocycles. The van der Waals surface area contributed by atoms with Gasteiger partial charge in [-0.25, -0.2) is 4.39 Å². The van der Waals surface area contributed by atoms with Gasteiger partial charge in [0.25, 0.3) is 11.8 Å². The van der Waals surface area contributed by atoms with Gasteiger partial charge in [-0.2, -0.15) is 13.2 Å². The van der Waals surface area contributed by atoms with Crippen molar-refractivity contribution in [3.8, 4) is 5.75 Å². The molecule has 350 valence electrons. The molecule has 1 saturated carbocycles. The Morgan fingerprint density at radius 3 is 2.46 bits per heavy atom. The molecule has 1 aromatic heterocycles. The monoisotopic (exact) mass is 942 g/mol. The first kappa shape index (κ1) is 44.6. The number of likely N-dealkylation sites (N-methyl/N-ethyl adjacent to an activating group) is 1. The predicted molar refractivity (Wildman–Crippen MR) is 238 cm³/mol. The van der Waals surface area contributed by atoms with Crippen LogP contribution < -0.4 is 25.6 Å². The number of benzene rings is 3. The fourth-order valence-corrected chi connectivity index (χ4v) is 11.7. The second-order valence-corrected chi connectivity index (χ2v) is 18.7. The number of imide groups is 1. The van der Waals surface area contributed by atoms with E-state index in [-0.39, 0.29) is 77.3 Å². The number of nitrogens with zero attached hydrogens (tertiary/aromatic N) is 5. The lowest BCUT2D eigenvalue weighted by atomic mass is 9.60. The highest BCUT2D eigenvalue weighted by Crippen LogP contribution is 2.61. The van der Waals surface area contributed by atoms with E-state index in [1.807, 2.05) is 17.0 Å². The Morgan fingerprint density at radius 1 is 0.985 bits per heavy atom. The fourth-order valence-electron chi connectivity index (χ4n) is 11.5. The minimum atomic E-state index is -4.69. The number of piperidine rings is 1. The molecule has 4 aromatic rings. The van der Waals surface area contributed by atoms with E-state index in [1.54, 1.807) is 48.3 Å². The van der Waals surface area contributed by atoms with Crippen LogP contribution in [0.15, 0.2) is 66.9 Å². The van der Waals surface area contributed by atoms with Crippen LogP contribution in [0, 0.1) is 11.7 Å². The van der Waals surface area contributed by atoms with Crippen LogP contribution in [0.3, 0.4) is 0 Å². The number of alkyl halides is 3. The number of nitrogens with one attached hydrogen (secondary N) is 3. The Bertz CT molecular complexity index is 2730. The fraction of sp³-hybridized carbons (Fsp3) is 0.417. The average molecular weight is 943 g/mol. The third-order valence-electron chi connectivity index (χ3n) is 14.9. The number of aromatic nitrogens is 1. The van der Waals surface area contributed by atoms with Crippen molar-refractivity contribution in [2.45, 2.75) is 74.3 Å². The van der Waals surface area contributed by atoms with Crippen molar-refractivity contribution in [2.75, 3.05) is 62.4 Å². The normalized spacial score (nSPS) is 25.2. The molecule has 10 rings (SSSR count). The molecule has 19 heteroatoms. The van der Waals surface area contributed by atoms with Crippen LogP contribution in [0.1, 0.15) is 81.1 Å². The number of hydrogen-bond donors (Lipinski definition) is 3. The van der Waals surface area contributed by atoms with Crippen LogP contribution in [0.5, 0.6) is 5.75 Å². The number of anilines is 3. The van der Waals surface area contributed by atoms with Crippen molar-refractivity contribution in [2.24, 2.45) is 5.92 Å². The van der Waals surface area contributed by atoms with Crippen LogP contribution in [0.4, 0.5) is 34.6 Å². The van der Waals surface area contributed by atoms with Gasteiger partial charge < -0.3 is 30.1 Å². The topological polar surface area (TPSA) is 157 Å². The summed E-state index contributed by atoms with van der Waals surface area (Å²) in [5.41, 5.74) is 1.51. The van der Waals surface area contributed by atoms with Gasteiger partial charge in [0.1, 0.15) is 23.3 Å². The number of carbonyl (C=O) groups excluding carboxylic acids is 5. The highest BCUT2D eigenvalue weighted by Gasteiger charge is 2.66. The lowest BCUT2D eigenvalue weighted by Crippen LogP contribution is -2.52. The minimum Gasteiger partial charge on any atom is -0.495 e. The first-order valence-corrected chi connectivity index (χ1v) is 22.7. The number of ether oxygens (including phenoxy) is 1. The molecule has 1 aliphatic carbocycles. The third kappa shape index (κ3) is 7.43. The lowest BCUT2D eigenvalue weighted by Gasteiger charge is -2.45. The van der Waals surface area contributed by atoms with E-state index in [9.17, 15) is 37.1 Å². The van der Waals surface area contributed by atoms with Crippen molar-refractivity contribution in [1.29, 1.82) is 0 Å². The Morgan fingerprint density at radius 2 is 1.76 bits per heavy atom. The number of rotatable bonds is 8. The smallest absolute Gasteiger partial charge is 0.433 e. The maximum atomic E-state index is 16.4. The standard InChI is InChI=1S/C48H47ClF4N8O6/c1-58-41(39(30-7-4-8-32(49)40(30)50)47(42(58)25-5-3-6-25)24-55-34-21-37(48(51,52)53)54-22-31(34)47)44(64)56-33-12-9-26(20-36(33)67-2)45(65)60-17-15-59(16-18-60)28-10-11-29-27(19-28)23-61(46(29)66)35-13-14-38(62)57-43(35)63/h4,7-12,19-22,25,35,39,41-42,55H,3,5-6,13-18,23-24H2,1-2H3,(H,56,64)(H,57,62,63)/t35-,39-,41+,42-,47+/m0/s1. The van der Waals surface area contributed by atoms with E-state index in [0.29, 0.717) is 42.9 Å². The van der Waals surface area contributed by atoms with Gasteiger partial charge in [-0.1, -0.05) is 30.2 Å². The zero-order chi connectivity index (χ0) is 47.1. The molecule has 0 bridgehead atoms. The summed E-state index contributed by atoms with van der Waals surface area (Å²) in [6, 6.07) is 13.7. The van der Waals surface area contributed by atoms with Crippen molar-refractivity contribution >= 4 is 58.2 Å². The van der Waals surface area contributed by atoms with Crippen LogP contribution >= 0.6 is 11.6 Å². The van der Waals surface area contributed by atoms with E-state index < -0.39 is 59.0 Å². The molecule has 6 aliphatic rings. The Labute approximate surface area is 387 Å². The molecule has 3 N–H and O–H groups in total. The Balaban J connectivity index is 0.872. The largest absolute Gasteiger partial charge is 0.495 e. The van der Waals surface area contributed by atoms with Crippen LogP contribution in [0.25, 0.3) is 0 Å². The first-order chi connectivity index (χ1) is 32.1. The van der Waals surface area contributed by atoms with Crippen LogP contribution in [-0.2, 0) is 32.5 Å². The van der Waals surface area contributed by atoms with Gasteiger partial charge in [0.15, 0.2) is 0 Å². The minimum absolute atomic E-state index is 0.0567. The van der Waals surface area contributed by atoms with Gasteiger partial charge >= 0.3 is 6.18 Å². The first-order valence-electron chi connectivity index (χ1n) is 22.4. The molecule has 5 amide bonds. The second-order valence-electron chi connectivity index (χ2n) is 18.3. The van der Waals surface area contributed by atoms with Crippen LogP contribution in [0.2, 0.25) is 5.02 Å². The van der Waals surface area contributed by atoms with E-state index in [1.165, 1.54) is 24.3 Å². The van der Waals surface area contributed by atoms with E-state index in [4.69, 9.17) is 16.3 Å². The van der Waals surface area contributed by atoms with Gasteiger partial charge in [-0.3, -0.25) is 39.2 Å². The number of amides is 5. The molecular formula is C48H47ClF4N8O6. The molecule has 0 unspecified atom stereocenters. The second kappa shape index (κ2) is 16.8. The summed E-state index contributed by atoms with van der Waals surface area (Å²) in [6.07, 6.45) is -0.443. The van der Waals surface area contributed by atoms with Gasteiger partial charge in [0.05, 0.1) is 23.9 Å². The number of halogens is 5. The van der Waals surface area contributed by atoms with Crippen molar-refractivity contribution in [3.63, 3.8) is 0 Å². The molecule has 4 fully saturated rings. The zero-order valence-electron chi connectivity index (χ0n) is 36.6. The van der Waals surface area contributed by atoms with Gasteiger partial charge in [0.2, 0.25) is 17.7 Å². The number of hydrogen-bond acceptors (Lipinski definition) is 10. The third-order valence-corrected chi connectivity index (χ3v) is 15.2. The zero-order valence-corrected chi connectivity index (χ0v) is 37.3. The van der Waals surface area contributed by atoms with Gasteiger partial charge in [0, 0.05) is 97.3 Å². The number of pyridine rings is 1. The Kier molecular flexibility index (Phi) is 11.2. The van der Waals surface area contributed by atoms with E-state index in [0.717, 1.165) is 36.6 Å². The van der Waals surface area contributed by atoms with Crippen molar-refractivity contribution in [1.82, 2.24) is 25.0 Å². The van der Waals surface area contributed by atoms with Crippen molar-refractivity contribution in [3.05, 3.63) is 111 Å². The van der Waals surface area contributed by atoms with Gasteiger partial charge in [-0.15, -0.1) is 0 Å². The molecule has 0 radical (unpaired) electrons. The molecule has 3 aromatic carbocycles. The quantitative estimate of drug-likeness (QED) is 0.138. The maximum absolute atomic E-state index is 16.4. The SMILES string of the molecule is COc1cc(C(=O)N2CCN(c3ccc4c(c3)CN([C@H]3CCC(=O)NC3=O)C4=O)CC2)ccc1NC(=O)[C@H]1[C@H](c2cccc(Cl)c2F)[C@]2(CNc3cc(C(F)(F)F)ncc32)[C@H](C2CCC2)N1C. The molecular weight excluding hydrogens is 896 g/mol. The number of fused-ring (bicyclic) bond motifs is 3. The average Bonchev–Trinajstić information content (AvgIpc) is 3.92.